The van der Waals surface area contributed by atoms with Gasteiger partial charge in [-0.2, -0.15) is 0 Å². The lowest BCUT2D eigenvalue weighted by atomic mass is 10.1. The van der Waals surface area contributed by atoms with Gasteiger partial charge in [0.2, 0.25) is 0 Å². The lowest BCUT2D eigenvalue weighted by Gasteiger charge is -2.27. The number of nitrogens with zero attached hydrogens (tertiary/aromatic N) is 5. The van der Waals surface area contributed by atoms with Gasteiger partial charge in [0.1, 0.15) is 11.6 Å². The predicted molar refractivity (Wildman–Crippen MR) is 94.6 cm³/mol. The highest BCUT2D eigenvalue weighted by atomic mass is 15.2. The first kappa shape index (κ1) is 15.3. The Bertz CT molecular complexity index is 867. The van der Waals surface area contributed by atoms with Gasteiger partial charge in [0.05, 0.1) is 17.6 Å². The molecule has 0 fully saturated rings. The van der Waals surface area contributed by atoms with E-state index < -0.39 is 0 Å². The minimum atomic E-state index is 0.868. The Morgan fingerprint density at radius 1 is 1.17 bits per heavy atom. The molecule has 0 radical (unpaired) electrons. The summed E-state index contributed by atoms with van der Waals surface area (Å²) in [5.41, 5.74) is 4.80. The molecular formula is C19H23N5. The van der Waals surface area contributed by atoms with Crippen LogP contribution < -0.4 is 0 Å². The van der Waals surface area contributed by atoms with E-state index in [4.69, 9.17) is 4.98 Å². The van der Waals surface area contributed by atoms with E-state index in [1.54, 1.807) is 0 Å². The number of hydrogen-bond acceptors (Lipinski definition) is 4. The quantitative estimate of drug-likeness (QED) is 0.741. The average molecular weight is 321 g/mol. The molecule has 0 spiro atoms. The van der Waals surface area contributed by atoms with Gasteiger partial charge in [0, 0.05) is 43.5 Å². The zero-order valence-electron chi connectivity index (χ0n) is 14.4. The van der Waals surface area contributed by atoms with Gasteiger partial charge in [-0.1, -0.05) is 19.1 Å². The molecule has 24 heavy (non-hydrogen) atoms. The summed E-state index contributed by atoms with van der Waals surface area (Å²) >= 11 is 0. The molecular weight excluding hydrogens is 298 g/mol. The molecule has 0 bridgehead atoms. The van der Waals surface area contributed by atoms with Crippen LogP contribution in [0.4, 0.5) is 0 Å². The Labute approximate surface area is 142 Å². The van der Waals surface area contributed by atoms with Crippen molar-refractivity contribution in [3.05, 3.63) is 53.4 Å². The number of hydrogen-bond donors (Lipinski definition) is 0. The zero-order valence-corrected chi connectivity index (χ0v) is 14.4. The van der Waals surface area contributed by atoms with E-state index in [9.17, 15) is 0 Å². The maximum absolute atomic E-state index is 4.89. The first-order valence-corrected chi connectivity index (χ1v) is 8.72. The largest absolute Gasteiger partial charge is 0.327 e. The van der Waals surface area contributed by atoms with Crippen molar-refractivity contribution in [2.24, 2.45) is 0 Å². The second-order valence-electron chi connectivity index (χ2n) is 6.52. The van der Waals surface area contributed by atoms with E-state index in [1.165, 1.54) is 16.8 Å². The fourth-order valence-corrected chi connectivity index (χ4v) is 3.53. The second kappa shape index (κ2) is 6.32. The average Bonchev–Trinajstić information content (AvgIpc) is 2.93. The Morgan fingerprint density at radius 2 is 2.04 bits per heavy atom. The van der Waals surface area contributed by atoms with Crippen LogP contribution in [-0.4, -0.2) is 31.0 Å². The van der Waals surface area contributed by atoms with Crippen LogP contribution in [-0.2, 0) is 26.1 Å². The van der Waals surface area contributed by atoms with E-state index in [2.05, 4.69) is 50.6 Å². The highest BCUT2D eigenvalue weighted by Crippen LogP contribution is 2.21. The molecule has 5 nitrogen and oxygen atoms in total. The van der Waals surface area contributed by atoms with Crippen LogP contribution in [0.5, 0.6) is 0 Å². The molecule has 0 unspecified atom stereocenters. The van der Waals surface area contributed by atoms with Crippen LogP contribution in [0.25, 0.3) is 11.0 Å². The SMILES string of the molecule is CCCn1c(CN2CCc3nc(C)ncc3C2)nc2ccccc21. The number of benzene rings is 1. The van der Waals surface area contributed by atoms with Crippen LogP contribution in [0.3, 0.4) is 0 Å². The molecule has 4 rings (SSSR count). The van der Waals surface area contributed by atoms with E-state index >= 15 is 0 Å². The van der Waals surface area contributed by atoms with Gasteiger partial charge in [-0.3, -0.25) is 4.90 Å². The maximum Gasteiger partial charge on any atom is 0.125 e. The summed E-state index contributed by atoms with van der Waals surface area (Å²) in [6.07, 6.45) is 4.09. The third-order valence-corrected chi connectivity index (χ3v) is 4.68. The molecule has 3 heterocycles. The van der Waals surface area contributed by atoms with Crippen molar-refractivity contribution in [3.8, 4) is 0 Å². The molecule has 5 heteroatoms. The standard InChI is InChI=1S/C19H23N5/c1-3-9-24-18-7-5-4-6-17(18)22-19(24)13-23-10-8-16-15(12-23)11-20-14(2)21-16/h4-7,11H,3,8-10,12-13H2,1-2H3. The first-order valence-electron chi connectivity index (χ1n) is 8.72. The van der Waals surface area contributed by atoms with Gasteiger partial charge in [0.25, 0.3) is 0 Å². The molecule has 2 aromatic heterocycles. The highest BCUT2D eigenvalue weighted by molar-refractivity contribution is 5.75. The summed E-state index contributed by atoms with van der Waals surface area (Å²) in [7, 11) is 0. The van der Waals surface area contributed by atoms with Gasteiger partial charge in [-0.15, -0.1) is 0 Å². The number of aromatic nitrogens is 4. The van der Waals surface area contributed by atoms with Crippen LogP contribution in [0, 0.1) is 6.92 Å². The molecule has 3 aromatic rings. The summed E-state index contributed by atoms with van der Waals surface area (Å²) in [6, 6.07) is 8.43. The molecule has 1 aliphatic rings. The molecule has 0 N–H and O–H groups in total. The minimum Gasteiger partial charge on any atom is -0.327 e. The minimum absolute atomic E-state index is 0.868. The Morgan fingerprint density at radius 3 is 2.92 bits per heavy atom. The highest BCUT2D eigenvalue weighted by Gasteiger charge is 2.20. The van der Waals surface area contributed by atoms with Crippen LogP contribution in [0.15, 0.2) is 30.5 Å². The summed E-state index contributed by atoms with van der Waals surface area (Å²) in [5, 5.41) is 0. The van der Waals surface area contributed by atoms with Crippen molar-refractivity contribution in [3.63, 3.8) is 0 Å². The summed E-state index contributed by atoms with van der Waals surface area (Å²) in [6.45, 7) is 8.00. The van der Waals surface area contributed by atoms with Crippen molar-refractivity contribution in [1.82, 2.24) is 24.4 Å². The molecule has 1 aliphatic heterocycles. The molecule has 0 saturated heterocycles. The van der Waals surface area contributed by atoms with Crippen molar-refractivity contribution >= 4 is 11.0 Å². The summed E-state index contributed by atoms with van der Waals surface area (Å²) < 4.78 is 2.37. The van der Waals surface area contributed by atoms with Gasteiger partial charge in [0.15, 0.2) is 0 Å². The molecule has 0 amide bonds. The Hall–Kier alpha value is -2.27. The normalized spacial score (nSPS) is 14.9. The lowest BCUT2D eigenvalue weighted by molar-refractivity contribution is 0.233. The smallest absolute Gasteiger partial charge is 0.125 e. The van der Waals surface area contributed by atoms with E-state index in [0.29, 0.717) is 0 Å². The third-order valence-electron chi connectivity index (χ3n) is 4.68. The van der Waals surface area contributed by atoms with Gasteiger partial charge in [-0.05, 0) is 25.5 Å². The zero-order chi connectivity index (χ0) is 16.5. The predicted octanol–water partition coefficient (Wildman–Crippen LogP) is 3.10. The topological polar surface area (TPSA) is 46.8 Å². The van der Waals surface area contributed by atoms with Gasteiger partial charge < -0.3 is 4.57 Å². The monoisotopic (exact) mass is 321 g/mol. The van der Waals surface area contributed by atoms with E-state index in [-0.39, 0.29) is 0 Å². The van der Waals surface area contributed by atoms with Crippen molar-refractivity contribution < 1.29 is 0 Å². The number of rotatable bonds is 4. The Balaban J connectivity index is 1.60. The second-order valence-corrected chi connectivity index (χ2v) is 6.52. The maximum atomic E-state index is 4.89. The van der Waals surface area contributed by atoms with Crippen LogP contribution in [0.2, 0.25) is 0 Å². The lowest BCUT2D eigenvalue weighted by Crippen LogP contribution is -2.32. The van der Waals surface area contributed by atoms with Crippen LogP contribution in [0.1, 0.15) is 36.3 Å². The van der Waals surface area contributed by atoms with E-state index in [1.807, 2.05) is 13.1 Å². The number of para-hydroxylation sites is 2. The fourth-order valence-electron chi connectivity index (χ4n) is 3.53. The summed E-state index contributed by atoms with van der Waals surface area (Å²) in [4.78, 5) is 16.3. The first-order chi connectivity index (χ1) is 11.7. The van der Waals surface area contributed by atoms with Gasteiger partial charge in [-0.25, -0.2) is 15.0 Å². The van der Waals surface area contributed by atoms with Crippen molar-refractivity contribution in [1.29, 1.82) is 0 Å². The van der Waals surface area contributed by atoms with Crippen molar-refractivity contribution in [2.45, 2.75) is 46.3 Å². The fraction of sp³-hybridized carbons (Fsp3) is 0.421. The molecule has 0 atom stereocenters. The molecule has 124 valence electrons. The van der Waals surface area contributed by atoms with Crippen LogP contribution >= 0.6 is 0 Å². The molecule has 0 saturated carbocycles. The number of fused-ring (bicyclic) bond motifs is 2. The van der Waals surface area contributed by atoms with Gasteiger partial charge >= 0.3 is 0 Å². The molecule has 1 aromatic carbocycles. The van der Waals surface area contributed by atoms with Crippen molar-refractivity contribution in [2.75, 3.05) is 6.54 Å². The number of imidazole rings is 1. The third kappa shape index (κ3) is 2.80. The van der Waals surface area contributed by atoms with E-state index in [0.717, 1.165) is 56.2 Å². The summed E-state index contributed by atoms with van der Waals surface area (Å²) in [5.74, 6) is 2.03. The number of aryl methyl sites for hydroxylation is 2. The Kier molecular flexibility index (Phi) is 4.02. The molecule has 0 aliphatic carbocycles.